The number of nitrogens with zero attached hydrogens (tertiary/aromatic N) is 2. The average molecular weight is 331 g/mol. The molecule has 1 aliphatic rings. The predicted molar refractivity (Wildman–Crippen MR) is 85.3 cm³/mol. The summed E-state index contributed by atoms with van der Waals surface area (Å²) in [5, 5.41) is 3.29. The van der Waals surface area contributed by atoms with Crippen LogP contribution in [0.5, 0.6) is 5.75 Å². The van der Waals surface area contributed by atoms with Crippen LogP contribution in [0.4, 0.5) is 0 Å². The molecule has 1 aromatic heterocycles. The first kappa shape index (κ1) is 21.0. The van der Waals surface area contributed by atoms with E-state index < -0.39 is 0 Å². The molecule has 112 valence electrons. The minimum absolute atomic E-state index is 0. The van der Waals surface area contributed by atoms with Crippen molar-refractivity contribution in [1.82, 2.24) is 15.2 Å². The van der Waals surface area contributed by atoms with E-state index in [0.717, 1.165) is 37.5 Å². The maximum Gasteiger partial charge on any atom is 0.123 e. The van der Waals surface area contributed by atoms with Crippen LogP contribution in [0.2, 0.25) is 0 Å². The quantitative estimate of drug-likeness (QED) is 0.918. The number of rotatable bonds is 4. The van der Waals surface area contributed by atoms with E-state index in [9.17, 15) is 0 Å². The highest BCUT2D eigenvalue weighted by molar-refractivity contribution is 5.86. The maximum atomic E-state index is 5.88. The smallest absolute Gasteiger partial charge is 0.123 e. The first-order valence-corrected chi connectivity index (χ1v) is 5.71. The standard InChI is InChI=1S/C12H19N3O.3ClH/c1-15(2)9-10-7-11(4-6-14-10)16-12-3-5-13-8-12;;;/h4,6-7,12-13H,3,5,8-9H2,1-2H3;3*1H. The highest BCUT2D eigenvalue weighted by Crippen LogP contribution is 2.15. The zero-order valence-electron chi connectivity index (χ0n) is 11.2. The van der Waals surface area contributed by atoms with Crippen LogP contribution in [0.25, 0.3) is 0 Å². The summed E-state index contributed by atoms with van der Waals surface area (Å²) in [6.45, 7) is 2.85. The van der Waals surface area contributed by atoms with Gasteiger partial charge >= 0.3 is 0 Å². The summed E-state index contributed by atoms with van der Waals surface area (Å²) < 4.78 is 5.88. The Bertz CT molecular complexity index is 347. The van der Waals surface area contributed by atoms with Gasteiger partial charge in [0.15, 0.2) is 0 Å². The van der Waals surface area contributed by atoms with E-state index in [1.54, 1.807) is 0 Å². The molecule has 19 heavy (non-hydrogen) atoms. The molecule has 7 heteroatoms. The molecule has 0 amide bonds. The molecular formula is C12H22Cl3N3O. The average Bonchev–Trinajstić information content (AvgIpc) is 2.70. The van der Waals surface area contributed by atoms with E-state index in [0.29, 0.717) is 6.10 Å². The van der Waals surface area contributed by atoms with Crippen molar-refractivity contribution in [3.8, 4) is 5.75 Å². The van der Waals surface area contributed by atoms with Crippen molar-refractivity contribution in [3.05, 3.63) is 24.0 Å². The summed E-state index contributed by atoms with van der Waals surface area (Å²) in [6.07, 6.45) is 3.22. The number of hydrogen-bond donors (Lipinski definition) is 1. The second-order valence-corrected chi connectivity index (χ2v) is 4.45. The van der Waals surface area contributed by atoms with Crippen molar-refractivity contribution < 1.29 is 4.74 Å². The Morgan fingerprint density at radius 1 is 1.37 bits per heavy atom. The van der Waals surface area contributed by atoms with Crippen LogP contribution in [0, 0.1) is 0 Å². The Hall–Kier alpha value is -0.260. The largest absolute Gasteiger partial charge is 0.489 e. The van der Waals surface area contributed by atoms with Gasteiger partial charge in [-0.05, 0) is 33.1 Å². The van der Waals surface area contributed by atoms with Crippen LogP contribution < -0.4 is 10.1 Å². The van der Waals surface area contributed by atoms with E-state index in [1.807, 2.05) is 32.4 Å². The number of nitrogens with one attached hydrogen (secondary N) is 1. The van der Waals surface area contributed by atoms with Crippen LogP contribution in [0.1, 0.15) is 12.1 Å². The van der Waals surface area contributed by atoms with Gasteiger partial charge in [0.2, 0.25) is 0 Å². The zero-order chi connectivity index (χ0) is 11.4. The molecule has 0 saturated carbocycles. The van der Waals surface area contributed by atoms with E-state index >= 15 is 0 Å². The first-order chi connectivity index (χ1) is 7.74. The third-order valence-electron chi connectivity index (χ3n) is 2.58. The van der Waals surface area contributed by atoms with Crippen LogP contribution >= 0.6 is 37.2 Å². The van der Waals surface area contributed by atoms with Gasteiger partial charge in [0.1, 0.15) is 11.9 Å². The van der Waals surface area contributed by atoms with E-state index in [4.69, 9.17) is 4.74 Å². The molecule has 1 unspecified atom stereocenters. The molecule has 0 aromatic carbocycles. The fraction of sp³-hybridized carbons (Fsp3) is 0.583. The van der Waals surface area contributed by atoms with Gasteiger partial charge in [0.25, 0.3) is 0 Å². The first-order valence-electron chi connectivity index (χ1n) is 5.71. The lowest BCUT2D eigenvalue weighted by molar-refractivity contribution is 0.222. The minimum Gasteiger partial charge on any atom is -0.489 e. The number of pyridine rings is 1. The van der Waals surface area contributed by atoms with E-state index in [-0.39, 0.29) is 37.2 Å². The molecule has 1 aliphatic heterocycles. The van der Waals surface area contributed by atoms with E-state index in [2.05, 4.69) is 15.2 Å². The summed E-state index contributed by atoms with van der Waals surface area (Å²) >= 11 is 0. The van der Waals surface area contributed by atoms with Crippen LogP contribution in [0.3, 0.4) is 0 Å². The van der Waals surface area contributed by atoms with Gasteiger partial charge in [-0.15, -0.1) is 37.2 Å². The molecule has 0 radical (unpaired) electrons. The summed E-state index contributed by atoms with van der Waals surface area (Å²) in [5.41, 5.74) is 1.05. The van der Waals surface area contributed by atoms with Gasteiger partial charge in [-0.2, -0.15) is 0 Å². The maximum absolute atomic E-state index is 5.88. The highest BCUT2D eigenvalue weighted by atomic mass is 35.5. The van der Waals surface area contributed by atoms with Crippen LogP contribution in [0.15, 0.2) is 18.3 Å². The highest BCUT2D eigenvalue weighted by Gasteiger charge is 2.15. The Balaban J connectivity index is 0. The van der Waals surface area contributed by atoms with Crippen molar-refractivity contribution in [2.45, 2.75) is 19.1 Å². The minimum atomic E-state index is 0. The number of hydrogen-bond acceptors (Lipinski definition) is 4. The predicted octanol–water partition coefficient (Wildman–Crippen LogP) is 2.15. The molecule has 1 N–H and O–H groups in total. The molecule has 1 fully saturated rings. The molecule has 2 heterocycles. The monoisotopic (exact) mass is 329 g/mol. The normalized spacial score (nSPS) is 17.1. The van der Waals surface area contributed by atoms with Crippen molar-refractivity contribution in [2.75, 3.05) is 27.2 Å². The van der Waals surface area contributed by atoms with Crippen LogP contribution in [-0.2, 0) is 6.54 Å². The summed E-state index contributed by atoms with van der Waals surface area (Å²) in [4.78, 5) is 6.42. The third-order valence-corrected chi connectivity index (χ3v) is 2.58. The van der Waals surface area contributed by atoms with Gasteiger partial charge in [0.05, 0.1) is 5.69 Å². The zero-order valence-corrected chi connectivity index (χ0v) is 13.6. The van der Waals surface area contributed by atoms with Gasteiger partial charge in [-0.3, -0.25) is 4.98 Å². The number of ether oxygens (including phenoxy) is 1. The third kappa shape index (κ3) is 7.18. The topological polar surface area (TPSA) is 37.4 Å². The lowest BCUT2D eigenvalue weighted by atomic mass is 10.3. The summed E-state index contributed by atoms with van der Waals surface area (Å²) in [7, 11) is 4.08. The molecule has 1 aromatic rings. The van der Waals surface area contributed by atoms with Crippen molar-refractivity contribution in [3.63, 3.8) is 0 Å². The lowest BCUT2D eigenvalue weighted by Crippen LogP contribution is -2.19. The van der Waals surface area contributed by atoms with Crippen molar-refractivity contribution in [1.29, 1.82) is 0 Å². The van der Waals surface area contributed by atoms with Gasteiger partial charge < -0.3 is 15.0 Å². The molecule has 0 bridgehead atoms. The van der Waals surface area contributed by atoms with E-state index in [1.165, 1.54) is 0 Å². The fourth-order valence-electron chi connectivity index (χ4n) is 1.86. The lowest BCUT2D eigenvalue weighted by Gasteiger charge is -2.14. The SMILES string of the molecule is CN(C)Cc1cc(OC2CCNC2)ccn1.Cl.Cl.Cl. The summed E-state index contributed by atoms with van der Waals surface area (Å²) in [5.74, 6) is 0.931. The summed E-state index contributed by atoms with van der Waals surface area (Å²) in [6, 6.07) is 3.95. The Morgan fingerprint density at radius 3 is 2.68 bits per heavy atom. The van der Waals surface area contributed by atoms with Crippen molar-refractivity contribution in [2.24, 2.45) is 0 Å². The molecule has 2 rings (SSSR count). The van der Waals surface area contributed by atoms with Gasteiger partial charge in [0, 0.05) is 25.4 Å². The fourth-order valence-corrected chi connectivity index (χ4v) is 1.86. The molecule has 0 aliphatic carbocycles. The van der Waals surface area contributed by atoms with Gasteiger partial charge in [-0.1, -0.05) is 0 Å². The molecule has 1 saturated heterocycles. The second kappa shape index (κ2) is 10.5. The van der Waals surface area contributed by atoms with Gasteiger partial charge in [-0.25, -0.2) is 0 Å². The second-order valence-electron chi connectivity index (χ2n) is 4.45. The Kier molecular flexibility index (Phi) is 11.7. The molecular weight excluding hydrogens is 309 g/mol. The Morgan fingerprint density at radius 2 is 2.11 bits per heavy atom. The van der Waals surface area contributed by atoms with Crippen molar-refractivity contribution >= 4 is 37.2 Å². The number of halogens is 3. The Labute approximate surface area is 133 Å². The van der Waals surface area contributed by atoms with Crippen LogP contribution in [-0.4, -0.2) is 43.2 Å². The molecule has 1 atom stereocenters. The molecule has 0 spiro atoms. The number of aromatic nitrogens is 1. The molecule has 4 nitrogen and oxygen atoms in total.